The van der Waals surface area contributed by atoms with Crippen molar-refractivity contribution in [3.63, 3.8) is 0 Å². The van der Waals surface area contributed by atoms with E-state index in [2.05, 4.69) is 5.32 Å². The van der Waals surface area contributed by atoms with Gasteiger partial charge >= 0.3 is 0 Å². The molecule has 10 nitrogen and oxygen atoms in total. The predicted molar refractivity (Wildman–Crippen MR) is 167 cm³/mol. The first-order chi connectivity index (χ1) is 20.4. The SMILES string of the molecule is CC(C)(N)CCOC(C)(C)C(=O)N1CCC([C@@H]2CCNc3c(C(N)=O)c(-c4ccc(Oc5ccccc5)cc4)nn32)CC1. The van der Waals surface area contributed by atoms with E-state index in [1.165, 1.54) is 0 Å². The van der Waals surface area contributed by atoms with Gasteiger partial charge in [0.1, 0.15) is 34.2 Å². The normalized spacial score (nSPS) is 17.7. The van der Waals surface area contributed by atoms with Crippen LogP contribution in [-0.4, -0.2) is 63.9 Å². The number of fused-ring (bicyclic) bond motifs is 1. The predicted octanol–water partition coefficient (Wildman–Crippen LogP) is 4.96. The lowest BCUT2D eigenvalue weighted by molar-refractivity contribution is -0.156. The van der Waals surface area contributed by atoms with Gasteiger partial charge in [-0.25, -0.2) is 4.68 Å². The van der Waals surface area contributed by atoms with Crippen LogP contribution in [-0.2, 0) is 9.53 Å². The first-order valence-corrected chi connectivity index (χ1v) is 15.1. The highest BCUT2D eigenvalue weighted by atomic mass is 16.5. The maximum absolute atomic E-state index is 13.3. The van der Waals surface area contributed by atoms with Crippen LogP contribution < -0.4 is 21.5 Å². The van der Waals surface area contributed by atoms with Crippen molar-refractivity contribution >= 4 is 17.6 Å². The Morgan fingerprint density at radius 2 is 1.63 bits per heavy atom. The molecule has 2 aromatic carbocycles. The van der Waals surface area contributed by atoms with Gasteiger partial charge in [-0.15, -0.1) is 0 Å². The second kappa shape index (κ2) is 12.4. The molecule has 3 aromatic rings. The first-order valence-electron chi connectivity index (χ1n) is 15.1. The largest absolute Gasteiger partial charge is 0.457 e. The van der Waals surface area contributed by atoms with Crippen molar-refractivity contribution in [2.24, 2.45) is 17.4 Å². The first kappa shape index (κ1) is 30.6. The van der Waals surface area contributed by atoms with Crippen LogP contribution >= 0.6 is 0 Å². The van der Waals surface area contributed by atoms with Crippen molar-refractivity contribution in [3.05, 3.63) is 60.2 Å². The van der Waals surface area contributed by atoms with Gasteiger partial charge < -0.3 is 31.2 Å². The fourth-order valence-electron chi connectivity index (χ4n) is 5.98. The van der Waals surface area contributed by atoms with Crippen LogP contribution in [0.5, 0.6) is 11.5 Å². The van der Waals surface area contributed by atoms with Crippen molar-refractivity contribution in [1.82, 2.24) is 14.7 Å². The Hall–Kier alpha value is -3.89. The monoisotopic (exact) mass is 588 g/mol. The number of piperidine rings is 1. The Morgan fingerprint density at radius 3 is 2.26 bits per heavy atom. The Morgan fingerprint density at radius 1 is 0.977 bits per heavy atom. The van der Waals surface area contributed by atoms with Crippen LogP contribution in [0.3, 0.4) is 0 Å². The van der Waals surface area contributed by atoms with E-state index in [0.717, 1.165) is 37.1 Å². The Labute approximate surface area is 253 Å². The third kappa shape index (κ3) is 7.02. The van der Waals surface area contributed by atoms with Crippen molar-refractivity contribution in [3.8, 4) is 22.8 Å². The van der Waals surface area contributed by atoms with Crippen LogP contribution in [0.1, 0.15) is 69.8 Å². The Bertz CT molecular complexity index is 1420. The van der Waals surface area contributed by atoms with Gasteiger partial charge in [0.05, 0.1) is 6.04 Å². The molecule has 1 saturated heterocycles. The van der Waals surface area contributed by atoms with Crippen molar-refractivity contribution in [2.45, 2.75) is 70.6 Å². The molecule has 230 valence electrons. The van der Waals surface area contributed by atoms with Gasteiger partial charge in [-0.3, -0.25) is 9.59 Å². The summed E-state index contributed by atoms with van der Waals surface area (Å²) in [5.41, 5.74) is 12.5. The van der Waals surface area contributed by atoms with Gasteiger partial charge in [-0.05, 0) is 95.7 Å². The molecule has 0 spiro atoms. The van der Waals surface area contributed by atoms with E-state index in [-0.39, 0.29) is 17.5 Å². The van der Waals surface area contributed by atoms with Crippen LogP contribution in [0.4, 0.5) is 5.82 Å². The molecule has 1 atom stereocenters. The number of aromatic nitrogens is 2. The highest BCUT2D eigenvalue weighted by molar-refractivity contribution is 6.03. The number of carbonyl (C=O) groups excluding carboxylic acids is 2. The summed E-state index contributed by atoms with van der Waals surface area (Å²) in [5.74, 6) is 1.89. The number of nitrogens with two attached hydrogens (primary N) is 2. The summed E-state index contributed by atoms with van der Waals surface area (Å²) in [6.07, 6.45) is 3.23. The van der Waals surface area contributed by atoms with Crippen LogP contribution in [0, 0.1) is 5.92 Å². The third-order valence-corrected chi connectivity index (χ3v) is 8.41. The lowest BCUT2D eigenvalue weighted by Gasteiger charge is -2.40. The number of hydrogen-bond donors (Lipinski definition) is 3. The van der Waals surface area contributed by atoms with Crippen molar-refractivity contribution < 1.29 is 19.1 Å². The summed E-state index contributed by atoms with van der Waals surface area (Å²) in [6.45, 7) is 10.0. The molecule has 43 heavy (non-hydrogen) atoms. The van der Waals surface area contributed by atoms with Gasteiger partial charge in [0.25, 0.3) is 11.8 Å². The summed E-state index contributed by atoms with van der Waals surface area (Å²) in [7, 11) is 0. The number of amides is 2. The molecule has 0 saturated carbocycles. The number of benzene rings is 2. The fraction of sp³-hybridized carbons (Fsp3) is 0.485. The number of para-hydroxylation sites is 1. The summed E-state index contributed by atoms with van der Waals surface area (Å²) < 4.78 is 13.9. The number of nitrogens with zero attached hydrogens (tertiary/aromatic N) is 3. The second-order valence-electron chi connectivity index (χ2n) is 12.8. The van der Waals surface area contributed by atoms with Gasteiger partial charge in [-0.2, -0.15) is 5.10 Å². The quantitative estimate of drug-likeness (QED) is 0.304. The molecule has 0 unspecified atom stereocenters. The average Bonchev–Trinajstić information content (AvgIpc) is 3.37. The zero-order valence-corrected chi connectivity index (χ0v) is 25.6. The minimum Gasteiger partial charge on any atom is -0.457 e. The number of ether oxygens (including phenoxy) is 2. The number of primary amides is 1. The van der Waals surface area contributed by atoms with Gasteiger partial charge in [0.15, 0.2) is 0 Å². The number of hydrogen-bond acceptors (Lipinski definition) is 7. The van der Waals surface area contributed by atoms with E-state index in [1.807, 2.05) is 91.9 Å². The van der Waals surface area contributed by atoms with E-state index in [4.69, 9.17) is 26.0 Å². The zero-order valence-electron chi connectivity index (χ0n) is 25.6. The number of anilines is 1. The van der Waals surface area contributed by atoms with E-state index in [0.29, 0.717) is 54.9 Å². The van der Waals surface area contributed by atoms with Crippen LogP contribution in [0.25, 0.3) is 11.3 Å². The summed E-state index contributed by atoms with van der Waals surface area (Å²) in [4.78, 5) is 28.0. The molecule has 0 aliphatic carbocycles. The molecule has 3 heterocycles. The lowest BCUT2D eigenvalue weighted by atomic mass is 9.86. The molecule has 5 rings (SSSR count). The molecule has 1 aromatic heterocycles. The number of nitrogens with one attached hydrogen (secondary N) is 1. The standard InChI is InChI=1S/C33H44N6O4/c1-32(2,35)17-21-42-33(3,4)31(41)38-19-15-22(16-20-38)26-14-18-36-30-27(29(34)40)28(37-39(26)30)23-10-12-25(13-11-23)43-24-8-6-5-7-9-24/h5-13,22,26,36H,14-21,35H2,1-4H3,(H2,34,40)/t26-/m0/s1. The molecule has 1 fully saturated rings. The summed E-state index contributed by atoms with van der Waals surface area (Å²) >= 11 is 0. The van der Waals surface area contributed by atoms with E-state index in [9.17, 15) is 9.59 Å². The third-order valence-electron chi connectivity index (χ3n) is 8.41. The molecular weight excluding hydrogens is 544 g/mol. The van der Waals surface area contributed by atoms with Gasteiger partial charge in [-0.1, -0.05) is 18.2 Å². The highest BCUT2D eigenvalue weighted by Crippen LogP contribution is 2.40. The van der Waals surface area contributed by atoms with E-state index >= 15 is 0 Å². The molecule has 5 N–H and O–H groups in total. The maximum Gasteiger partial charge on any atom is 0.254 e. The number of likely N-dealkylation sites (tertiary alicyclic amines) is 1. The fourth-order valence-corrected chi connectivity index (χ4v) is 5.98. The molecule has 2 aliphatic rings. The zero-order chi connectivity index (χ0) is 30.8. The highest BCUT2D eigenvalue weighted by Gasteiger charge is 2.39. The molecule has 2 amide bonds. The summed E-state index contributed by atoms with van der Waals surface area (Å²) in [5, 5.41) is 8.34. The molecular formula is C33H44N6O4. The van der Waals surface area contributed by atoms with Gasteiger partial charge in [0.2, 0.25) is 0 Å². The lowest BCUT2D eigenvalue weighted by Crippen LogP contribution is -2.51. The minimum atomic E-state index is -0.908. The van der Waals surface area contributed by atoms with Crippen molar-refractivity contribution in [2.75, 3.05) is 31.6 Å². The second-order valence-corrected chi connectivity index (χ2v) is 12.8. The average molecular weight is 589 g/mol. The van der Waals surface area contributed by atoms with Crippen LogP contribution in [0.15, 0.2) is 54.6 Å². The topological polar surface area (TPSA) is 138 Å². The molecule has 0 radical (unpaired) electrons. The molecule has 10 heteroatoms. The number of rotatable bonds is 10. The Balaban J connectivity index is 1.29. The molecule has 0 bridgehead atoms. The molecule has 2 aliphatic heterocycles. The Kier molecular flexibility index (Phi) is 8.80. The summed E-state index contributed by atoms with van der Waals surface area (Å²) in [6, 6.07) is 17.2. The minimum absolute atomic E-state index is 0.00357. The van der Waals surface area contributed by atoms with Crippen LogP contribution in [0.2, 0.25) is 0 Å². The van der Waals surface area contributed by atoms with Crippen molar-refractivity contribution in [1.29, 1.82) is 0 Å². The van der Waals surface area contributed by atoms with E-state index < -0.39 is 11.5 Å². The van der Waals surface area contributed by atoms with E-state index in [1.54, 1.807) is 0 Å². The maximum atomic E-state index is 13.3. The van der Waals surface area contributed by atoms with Gasteiger partial charge in [0, 0.05) is 37.3 Å². The smallest absolute Gasteiger partial charge is 0.254 e. The number of carbonyl (C=O) groups is 2.